The second kappa shape index (κ2) is 9.63. The predicted molar refractivity (Wildman–Crippen MR) is 120 cm³/mol. The molecule has 1 N–H and O–H groups in total. The van der Waals surface area contributed by atoms with Gasteiger partial charge in [-0.1, -0.05) is 81.2 Å². The molecule has 0 saturated carbocycles. The van der Waals surface area contributed by atoms with Gasteiger partial charge in [0.15, 0.2) is 0 Å². The number of carbonyl (C=O) groups is 2. The fraction of sp³-hybridized carbons (Fsp3) is 0.261. The minimum absolute atomic E-state index is 0.00874. The van der Waals surface area contributed by atoms with Gasteiger partial charge in [-0.05, 0) is 35.6 Å². The summed E-state index contributed by atoms with van der Waals surface area (Å²) in [5.41, 5.74) is 3.44. The van der Waals surface area contributed by atoms with E-state index in [-0.39, 0.29) is 11.8 Å². The molecule has 0 aliphatic rings. The average molecular weight is 424 g/mol. The van der Waals surface area contributed by atoms with Crippen LogP contribution in [0.4, 0.5) is 10.7 Å². The maximum atomic E-state index is 12.3. The Morgan fingerprint density at radius 1 is 1.07 bits per heavy atom. The lowest BCUT2D eigenvalue weighted by Gasteiger charge is -2.13. The van der Waals surface area contributed by atoms with E-state index in [1.54, 1.807) is 36.4 Å². The first-order chi connectivity index (χ1) is 14.3. The van der Waals surface area contributed by atoms with Crippen molar-refractivity contribution in [2.75, 3.05) is 5.32 Å². The van der Waals surface area contributed by atoms with Crippen LogP contribution in [0.25, 0.3) is 0 Å². The summed E-state index contributed by atoms with van der Waals surface area (Å²) in [6.07, 6.45) is 1.04. The summed E-state index contributed by atoms with van der Waals surface area (Å²) in [5, 5.41) is 6.57. The van der Waals surface area contributed by atoms with Crippen LogP contribution in [0.15, 0.2) is 65.2 Å². The largest absolute Gasteiger partial charge is 0.341 e. The zero-order valence-corrected chi connectivity index (χ0v) is 18.1. The zero-order chi connectivity index (χ0) is 21.7. The van der Waals surface area contributed by atoms with Crippen molar-refractivity contribution in [2.45, 2.75) is 33.1 Å². The van der Waals surface area contributed by atoms with Gasteiger partial charge >= 0.3 is 6.03 Å². The SMILES string of the molecule is CC(C)Cc1ccc(C(C)c2cc(NC(=O)N(S)C(=O)c3ccccc3)on2)cc1. The molecule has 0 aliphatic carbocycles. The third-order valence-electron chi connectivity index (χ3n) is 4.73. The Kier molecular flexibility index (Phi) is 6.95. The second-order valence-electron chi connectivity index (χ2n) is 7.59. The highest BCUT2D eigenvalue weighted by Gasteiger charge is 2.22. The average Bonchev–Trinajstić information content (AvgIpc) is 3.21. The van der Waals surface area contributed by atoms with Crippen LogP contribution in [-0.2, 0) is 6.42 Å². The van der Waals surface area contributed by atoms with E-state index in [1.807, 2.05) is 6.92 Å². The molecule has 1 aromatic heterocycles. The van der Waals surface area contributed by atoms with Crippen LogP contribution < -0.4 is 5.32 Å². The third-order valence-corrected chi connectivity index (χ3v) is 5.09. The molecule has 1 heterocycles. The van der Waals surface area contributed by atoms with Crippen molar-refractivity contribution in [3.63, 3.8) is 0 Å². The molecule has 0 saturated heterocycles. The van der Waals surface area contributed by atoms with E-state index in [9.17, 15) is 9.59 Å². The van der Waals surface area contributed by atoms with Crippen molar-refractivity contribution in [1.29, 1.82) is 0 Å². The fourth-order valence-corrected chi connectivity index (χ4v) is 3.26. The molecular formula is C23H25N3O3S. The lowest BCUT2D eigenvalue weighted by atomic mass is 9.95. The Morgan fingerprint density at radius 2 is 1.73 bits per heavy atom. The summed E-state index contributed by atoms with van der Waals surface area (Å²) in [7, 11) is 0. The minimum atomic E-state index is -0.722. The fourth-order valence-electron chi connectivity index (χ4n) is 3.09. The number of carbonyl (C=O) groups excluding carboxylic acids is 2. The molecule has 0 bridgehead atoms. The van der Waals surface area contributed by atoms with Crippen molar-refractivity contribution >= 4 is 30.6 Å². The summed E-state index contributed by atoms with van der Waals surface area (Å²) in [4.78, 5) is 24.6. The van der Waals surface area contributed by atoms with Gasteiger partial charge in [0.2, 0.25) is 5.88 Å². The van der Waals surface area contributed by atoms with E-state index in [1.165, 1.54) is 5.56 Å². The zero-order valence-electron chi connectivity index (χ0n) is 17.2. The highest BCUT2D eigenvalue weighted by molar-refractivity contribution is 7.79. The van der Waals surface area contributed by atoms with Gasteiger partial charge in [0.25, 0.3) is 5.91 Å². The van der Waals surface area contributed by atoms with E-state index >= 15 is 0 Å². The number of benzene rings is 2. The van der Waals surface area contributed by atoms with Gasteiger partial charge in [-0.3, -0.25) is 10.1 Å². The summed E-state index contributed by atoms with van der Waals surface area (Å²) < 4.78 is 5.94. The summed E-state index contributed by atoms with van der Waals surface area (Å²) in [6.45, 7) is 6.41. The molecule has 3 rings (SSSR count). The number of urea groups is 1. The number of thiol groups is 1. The van der Waals surface area contributed by atoms with Crippen LogP contribution in [0.3, 0.4) is 0 Å². The quantitative estimate of drug-likeness (QED) is 0.510. The molecule has 0 spiro atoms. The number of hydrogen-bond donors (Lipinski definition) is 2. The summed E-state index contributed by atoms with van der Waals surface area (Å²) in [5.74, 6) is 0.213. The van der Waals surface area contributed by atoms with Gasteiger partial charge in [0, 0.05) is 17.5 Å². The van der Waals surface area contributed by atoms with Crippen LogP contribution in [0.1, 0.15) is 53.9 Å². The van der Waals surface area contributed by atoms with Gasteiger partial charge in [0.05, 0.1) is 5.69 Å². The maximum absolute atomic E-state index is 12.3. The van der Waals surface area contributed by atoms with Crippen LogP contribution in [0.5, 0.6) is 0 Å². The highest BCUT2D eigenvalue weighted by atomic mass is 32.1. The minimum Gasteiger partial charge on any atom is -0.338 e. The number of anilines is 1. The van der Waals surface area contributed by atoms with Crippen molar-refractivity contribution in [3.8, 4) is 0 Å². The van der Waals surface area contributed by atoms with Crippen molar-refractivity contribution < 1.29 is 14.1 Å². The smallest absolute Gasteiger partial charge is 0.338 e. The molecule has 30 heavy (non-hydrogen) atoms. The number of rotatable bonds is 6. The Bertz CT molecular complexity index is 1000. The number of imide groups is 1. The number of amides is 3. The first-order valence-electron chi connectivity index (χ1n) is 9.80. The molecular weight excluding hydrogens is 398 g/mol. The summed E-state index contributed by atoms with van der Waals surface area (Å²) in [6, 6.07) is 17.8. The highest BCUT2D eigenvalue weighted by Crippen LogP contribution is 2.26. The number of nitrogens with one attached hydrogen (secondary N) is 1. The predicted octanol–water partition coefficient (Wildman–Crippen LogP) is 5.54. The van der Waals surface area contributed by atoms with Crippen molar-refractivity contribution in [1.82, 2.24) is 9.46 Å². The lowest BCUT2D eigenvalue weighted by Crippen LogP contribution is -2.32. The number of hydrogen-bond acceptors (Lipinski definition) is 5. The molecule has 3 aromatic rings. The lowest BCUT2D eigenvalue weighted by molar-refractivity contribution is 0.0901. The van der Waals surface area contributed by atoms with Crippen LogP contribution in [0, 0.1) is 5.92 Å². The topological polar surface area (TPSA) is 75.4 Å². The standard InChI is InChI=1S/C23H25N3O3S/c1-15(2)13-17-9-11-18(12-10-17)16(3)20-14-21(29-25-20)24-23(28)26(30)22(27)19-7-5-4-6-8-19/h4-12,14-16,30H,13H2,1-3H3,(H,24,28). The van der Waals surface area contributed by atoms with E-state index in [2.05, 4.69) is 61.4 Å². The van der Waals surface area contributed by atoms with E-state index in [0.29, 0.717) is 21.5 Å². The molecule has 156 valence electrons. The molecule has 1 unspecified atom stereocenters. The first-order valence-corrected chi connectivity index (χ1v) is 10.2. The molecule has 0 radical (unpaired) electrons. The van der Waals surface area contributed by atoms with Crippen LogP contribution in [0.2, 0.25) is 0 Å². The van der Waals surface area contributed by atoms with E-state index in [4.69, 9.17) is 4.52 Å². The maximum Gasteiger partial charge on any atom is 0.341 e. The first kappa shape index (κ1) is 21.6. The molecule has 6 nitrogen and oxygen atoms in total. The normalized spacial score (nSPS) is 11.9. The summed E-state index contributed by atoms with van der Waals surface area (Å²) >= 11 is 4.01. The van der Waals surface area contributed by atoms with Crippen molar-refractivity contribution in [3.05, 3.63) is 83.0 Å². The number of nitrogens with zero attached hydrogens (tertiary/aromatic N) is 2. The van der Waals surface area contributed by atoms with Gasteiger partial charge < -0.3 is 4.52 Å². The Hall–Kier alpha value is -3.06. The molecule has 3 amide bonds. The van der Waals surface area contributed by atoms with Crippen LogP contribution in [-0.4, -0.2) is 21.4 Å². The molecule has 0 fully saturated rings. The Morgan fingerprint density at radius 3 is 2.37 bits per heavy atom. The molecule has 2 aromatic carbocycles. The Balaban J connectivity index is 1.64. The van der Waals surface area contributed by atoms with Crippen molar-refractivity contribution in [2.24, 2.45) is 5.92 Å². The molecule has 1 atom stereocenters. The van der Waals surface area contributed by atoms with Gasteiger partial charge in [-0.2, -0.15) is 0 Å². The Labute approximate surface area is 181 Å². The monoisotopic (exact) mass is 423 g/mol. The molecule has 0 aliphatic heterocycles. The van der Waals surface area contributed by atoms with Gasteiger partial charge in [-0.15, -0.1) is 0 Å². The molecule has 7 heteroatoms. The van der Waals surface area contributed by atoms with E-state index in [0.717, 1.165) is 12.0 Å². The van der Waals surface area contributed by atoms with Gasteiger partial charge in [0.1, 0.15) is 0 Å². The van der Waals surface area contributed by atoms with Crippen LogP contribution >= 0.6 is 12.8 Å². The van der Waals surface area contributed by atoms with E-state index < -0.39 is 11.9 Å². The second-order valence-corrected chi connectivity index (χ2v) is 7.99. The third kappa shape index (κ3) is 5.30. The number of aromatic nitrogens is 1. The van der Waals surface area contributed by atoms with Gasteiger partial charge in [-0.25, -0.2) is 9.10 Å².